The van der Waals surface area contributed by atoms with Gasteiger partial charge >= 0.3 is 11.9 Å². The number of carbonyl (C=O) groups excluding carboxylic acids is 6. The summed E-state index contributed by atoms with van der Waals surface area (Å²) in [6.07, 6.45) is -0.254. The molecule has 4 atom stereocenters. The lowest BCUT2D eigenvalue weighted by Gasteiger charge is -2.24. The quantitative estimate of drug-likeness (QED) is 0.0179. The van der Waals surface area contributed by atoms with Crippen LogP contribution in [0.1, 0.15) is 40.3 Å². The molecule has 0 aliphatic heterocycles. The van der Waals surface area contributed by atoms with Crippen molar-refractivity contribution in [1.29, 1.82) is 0 Å². The normalized spacial score (nSPS) is 12.5. The van der Waals surface area contributed by atoms with E-state index in [1.165, 1.54) is 23.5 Å². The van der Waals surface area contributed by atoms with Crippen molar-refractivity contribution in [3.05, 3.63) is 240 Å². The first-order chi connectivity index (χ1) is 40.0. The third-order valence-corrected chi connectivity index (χ3v) is 15.5. The van der Waals surface area contributed by atoms with Crippen LogP contribution in [0.15, 0.2) is 216 Å². The van der Waals surface area contributed by atoms with Gasteiger partial charge in [-0.25, -0.2) is 9.59 Å². The molecule has 0 saturated heterocycles. The van der Waals surface area contributed by atoms with Crippen LogP contribution in [0.2, 0.25) is 0 Å². The van der Waals surface area contributed by atoms with Crippen LogP contribution in [0, 0.1) is 0 Å². The largest absolute Gasteiger partial charge is 0.459 e. The molecular formula is C66H64N4O9S3. The van der Waals surface area contributed by atoms with Gasteiger partial charge in [0.05, 0.1) is 30.0 Å². The Morgan fingerprint density at radius 3 is 1.61 bits per heavy atom. The lowest BCUT2D eigenvalue weighted by atomic mass is 9.98. The fourth-order valence-corrected chi connectivity index (χ4v) is 10.6. The second-order valence-corrected chi connectivity index (χ2v) is 21.8. The van der Waals surface area contributed by atoms with E-state index >= 15 is 0 Å². The molecular weight excluding hydrogens is 1090 g/mol. The number of hydrogen-bond donors (Lipinski definition) is 5. The number of rotatable bonds is 28. The van der Waals surface area contributed by atoms with Crippen molar-refractivity contribution < 1.29 is 43.0 Å². The third kappa shape index (κ3) is 18.7. The molecule has 0 aliphatic carbocycles. The Bertz CT molecular complexity index is 3400. The summed E-state index contributed by atoms with van der Waals surface area (Å²) in [7, 11) is 0. The first-order valence-corrected chi connectivity index (χ1v) is 29.4. The maximum absolute atomic E-state index is 14.0. The van der Waals surface area contributed by atoms with Crippen LogP contribution in [-0.2, 0) is 82.2 Å². The van der Waals surface area contributed by atoms with Crippen LogP contribution in [0.3, 0.4) is 0 Å². The number of benzene rings is 8. The van der Waals surface area contributed by atoms with E-state index in [9.17, 15) is 28.8 Å². The Morgan fingerprint density at radius 2 is 0.976 bits per heavy atom. The molecule has 420 valence electrons. The zero-order valence-electron chi connectivity index (χ0n) is 45.2. The van der Waals surface area contributed by atoms with E-state index in [0.29, 0.717) is 5.56 Å². The van der Waals surface area contributed by atoms with Crippen LogP contribution >= 0.6 is 36.2 Å². The van der Waals surface area contributed by atoms with Gasteiger partial charge in [-0.05, 0) is 86.5 Å². The molecule has 8 rings (SSSR count). The van der Waals surface area contributed by atoms with E-state index in [0.717, 1.165) is 59.5 Å². The Labute approximate surface area is 492 Å². The maximum Gasteiger partial charge on any atom is 0.329 e. The van der Waals surface area contributed by atoms with Crippen molar-refractivity contribution in [3.8, 4) is 11.1 Å². The molecule has 0 fully saturated rings. The Balaban J connectivity index is 0.871. The average Bonchev–Trinajstić information content (AvgIpc) is 3.51. The molecule has 0 radical (unpaired) electrons. The van der Waals surface area contributed by atoms with Crippen LogP contribution in [0.25, 0.3) is 21.9 Å². The van der Waals surface area contributed by atoms with Gasteiger partial charge in [0.15, 0.2) is 0 Å². The molecule has 0 saturated carbocycles. The standard InChI is InChI=1S/C66H64N4O9S3/c1-45(77-39-47-16-5-2-6-17-47)63(70-60(71)42-80)64(74)67-38-49-20-13-27-55(34-49)81-43-61(72)68-58(36-46-30-32-52(33-31-46)51-22-9-4-10-23-51)65(75)79-41-50-21-14-28-56(35-50)82-44-62(73)69-59(66(76)78-40-48-18-7-3-8-19-48)37-54-26-15-25-53-24-11-12-29-57(53)54/h2-35,45,58-59,63,80H,36-44H2,1H3,(H,67,74)(H,68,72)(H,69,73)(H,70,71)/t45?,58-,59-,63-/m0/s1. The molecule has 0 aliphatic rings. The molecule has 0 bridgehead atoms. The second-order valence-electron chi connectivity index (χ2n) is 19.3. The van der Waals surface area contributed by atoms with E-state index in [-0.39, 0.29) is 68.3 Å². The first-order valence-electron chi connectivity index (χ1n) is 26.8. The fourth-order valence-electron chi connectivity index (χ4n) is 8.91. The molecule has 16 heteroatoms. The molecule has 82 heavy (non-hydrogen) atoms. The number of hydrogen-bond acceptors (Lipinski definition) is 12. The number of esters is 2. The molecule has 8 aromatic rings. The number of fused-ring (bicyclic) bond motifs is 1. The van der Waals surface area contributed by atoms with Gasteiger partial charge in [-0.2, -0.15) is 12.6 Å². The van der Waals surface area contributed by atoms with Crippen molar-refractivity contribution in [2.24, 2.45) is 0 Å². The summed E-state index contributed by atoms with van der Waals surface area (Å²) in [6, 6.07) is 62.2. The van der Waals surface area contributed by atoms with E-state index in [2.05, 4.69) is 33.9 Å². The molecule has 1 unspecified atom stereocenters. The SMILES string of the molecule is CC(OCc1ccccc1)[C@H](NC(=O)CS)C(=O)NCc1cccc(SCC(=O)N[C@@H](Cc2ccc(-c3ccccc3)cc2)C(=O)OCc2cccc(SCC(=O)N[C@@H](Cc3cccc4ccccc34)C(=O)OCc3ccccc3)c2)c1. The lowest BCUT2D eigenvalue weighted by Crippen LogP contribution is -2.53. The number of ether oxygens (including phenoxy) is 3. The summed E-state index contributed by atoms with van der Waals surface area (Å²) in [5, 5.41) is 13.5. The van der Waals surface area contributed by atoms with Crippen LogP contribution in [-0.4, -0.2) is 77.1 Å². The van der Waals surface area contributed by atoms with Gasteiger partial charge in [-0.3, -0.25) is 19.2 Å². The van der Waals surface area contributed by atoms with Crippen molar-refractivity contribution in [1.82, 2.24) is 21.3 Å². The highest BCUT2D eigenvalue weighted by atomic mass is 32.2. The third-order valence-electron chi connectivity index (χ3n) is 13.2. The summed E-state index contributed by atoms with van der Waals surface area (Å²) in [4.78, 5) is 82.4. The van der Waals surface area contributed by atoms with E-state index in [1.807, 2.05) is 206 Å². The van der Waals surface area contributed by atoms with Gasteiger partial charge in [-0.15, -0.1) is 23.5 Å². The summed E-state index contributed by atoms with van der Waals surface area (Å²) in [5.74, 6) is -2.86. The minimum absolute atomic E-state index is 0.000656. The number of amides is 4. The van der Waals surface area contributed by atoms with Crippen LogP contribution < -0.4 is 21.3 Å². The number of thiol groups is 1. The maximum atomic E-state index is 14.0. The Kier molecular flexibility index (Phi) is 22.8. The van der Waals surface area contributed by atoms with E-state index < -0.39 is 48.0 Å². The van der Waals surface area contributed by atoms with Crippen molar-refractivity contribution in [2.75, 3.05) is 17.3 Å². The van der Waals surface area contributed by atoms with Gasteiger partial charge in [-0.1, -0.05) is 182 Å². The van der Waals surface area contributed by atoms with Gasteiger partial charge in [0.25, 0.3) is 0 Å². The first kappa shape index (κ1) is 60.0. The van der Waals surface area contributed by atoms with Crippen LogP contribution in [0.4, 0.5) is 0 Å². The summed E-state index contributed by atoms with van der Waals surface area (Å²) >= 11 is 6.62. The van der Waals surface area contributed by atoms with Crippen molar-refractivity contribution in [3.63, 3.8) is 0 Å². The predicted octanol–water partition coefficient (Wildman–Crippen LogP) is 10.3. The van der Waals surface area contributed by atoms with Crippen molar-refractivity contribution >= 4 is 82.5 Å². The van der Waals surface area contributed by atoms with E-state index in [1.54, 1.807) is 6.92 Å². The smallest absolute Gasteiger partial charge is 0.329 e. The van der Waals surface area contributed by atoms with Gasteiger partial charge in [0, 0.05) is 29.2 Å². The number of carbonyl (C=O) groups is 6. The van der Waals surface area contributed by atoms with Crippen LogP contribution in [0.5, 0.6) is 0 Å². The van der Waals surface area contributed by atoms with Gasteiger partial charge < -0.3 is 35.5 Å². The highest BCUT2D eigenvalue weighted by molar-refractivity contribution is 8.00. The molecule has 13 nitrogen and oxygen atoms in total. The summed E-state index contributed by atoms with van der Waals surface area (Å²) < 4.78 is 17.6. The fraction of sp³-hybridized carbons (Fsp3) is 0.212. The summed E-state index contributed by atoms with van der Waals surface area (Å²) in [6.45, 7) is 2.10. The monoisotopic (exact) mass is 1150 g/mol. The Hall–Kier alpha value is -8.15. The average molecular weight is 1150 g/mol. The molecule has 0 spiro atoms. The predicted molar refractivity (Wildman–Crippen MR) is 326 cm³/mol. The second kappa shape index (κ2) is 31.2. The zero-order valence-corrected chi connectivity index (χ0v) is 47.8. The molecule has 0 aromatic heterocycles. The number of thioether (sulfide) groups is 2. The molecule has 4 N–H and O–H groups in total. The molecule has 8 aromatic carbocycles. The Morgan fingerprint density at radius 1 is 0.476 bits per heavy atom. The lowest BCUT2D eigenvalue weighted by molar-refractivity contribution is -0.149. The number of nitrogens with one attached hydrogen (secondary N) is 4. The zero-order chi connectivity index (χ0) is 57.5. The molecule has 4 amide bonds. The van der Waals surface area contributed by atoms with Gasteiger partial charge in [0.2, 0.25) is 23.6 Å². The minimum atomic E-state index is -1.03. The molecule has 0 heterocycles. The van der Waals surface area contributed by atoms with E-state index in [4.69, 9.17) is 14.2 Å². The highest BCUT2D eigenvalue weighted by Gasteiger charge is 2.28. The summed E-state index contributed by atoms with van der Waals surface area (Å²) in [5.41, 5.74) is 6.96. The van der Waals surface area contributed by atoms with Gasteiger partial charge in [0.1, 0.15) is 31.3 Å². The topological polar surface area (TPSA) is 178 Å². The minimum Gasteiger partial charge on any atom is -0.459 e. The van der Waals surface area contributed by atoms with Crippen molar-refractivity contribution in [2.45, 2.75) is 80.2 Å². The highest BCUT2D eigenvalue weighted by Crippen LogP contribution is 2.25.